The molecule has 0 aliphatic heterocycles. The summed E-state index contributed by atoms with van der Waals surface area (Å²) >= 11 is 0. The zero-order chi connectivity index (χ0) is 13.8. The maximum atomic E-state index is 12.0. The molecule has 1 aliphatic carbocycles. The van der Waals surface area contributed by atoms with Crippen molar-refractivity contribution in [2.24, 2.45) is 0 Å². The standard InChI is InChI=1S/C14H22N2O2/c1-5-6-7-11(16-14(2,3)4)12(17)13(18)15-10-8-9-10/h1,10-11,16H,6-9H2,2-4H3,(H,15,18). The molecule has 4 nitrogen and oxygen atoms in total. The van der Waals surface area contributed by atoms with Crippen LogP contribution < -0.4 is 10.6 Å². The van der Waals surface area contributed by atoms with Gasteiger partial charge in [0.05, 0.1) is 6.04 Å². The van der Waals surface area contributed by atoms with E-state index in [1.54, 1.807) is 0 Å². The molecule has 2 N–H and O–H groups in total. The summed E-state index contributed by atoms with van der Waals surface area (Å²) in [5.41, 5.74) is -0.227. The van der Waals surface area contributed by atoms with Crippen molar-refractivity contribution in [3.8, 4) is 12.3 Å². The summed E-state index contributed by atoms with van der Waals surface area (Å²) in [7, 11) is 0. The van der Waals surface area contributed by atoms with Crippen LogP contribution in [-0.4, -0.2) is 29.3 Å². The number of Topliss-reactive ketones (excluding diaryl/α,β-unsaturated/α-hetero) is 1. The lowest BCUT2D eigenvalue weighted by Crippen LogP contribution is -2.52. The van der Waals surface area contributed by atoms with E-state index in [2.05, 4.69) is 16.6 Å². The van der Waals surface area contributed by atoms with Crippen LogP contribution in [0.2, 0.25) is 0 Å². The first-order valence-corrected chi connectivity index (χ1v) is 6.39. The molecule has 0 aromatic rings. The second-order valence-electron chi connectivity index (χ2n) is 5.80. The van der Waals surface area contributed by atoms with Crippen LogP contribution in [0.5, 0.6) is 0 Å². The van der Waals surface area contributed by atoms with Crippen LogP contribution in [0.4, 0.5) is 0 Å². The summed E-state index contributed by atoms with van der Waals surface area (Å²) in [6.45, 7) is 5.88. The normalized spacial score (nSPS) is 16.8. The molecule has 1 amide bonds. The van der Waals surface area contributed by atoms with Crippen molar-refractivity contribution >= 4 is 11.7 Å². The number of nitrogens with one attached hydrogen (secondary N) is 2. The first kappa shape index (κ1) is 14.7. The van der Waals surface area contributed by atoms with E-state index >= 15 is 0 Å². The zero-order valence-corrected chi connectivity index (χ0v) is 11.4. The quantitative estimate of drug-likeness (QED) is 0.546. The molecule has 1 rings (SSSR count). The van der Waals surface area contributed by atoms with Crippen LogP contribution in [0.25, 0.3) is 0 Å². The third kappa shape index (κ3) is 5.33. The third-order valence-electron chi connectivity index (χ3n) is 2.64. The Morgan fingerprint density at radius 3 is 2.44 bits per heavy atom. The highest BCUT2D eigenvalue weighted by Gasteiger charge is 2.31. The summed E-state index contributed by atoms with van der Waals surface area (Å²) in [5, 5.41) is 5.88. The van der Waals surface area contributed by atoms with Crippen molar-refractivity contribution in [1.29, 1.82) is 0 Å². The third-order valence-corrected chi connectivity index (χ3v) is 2.64. The van der Waals surface area contributed by atoms with Gasteiger partial charge in [0.25, 0.3) is 5.91 Å². The minimum atomic E-state index is -0.500. The van der Waals surface area contributed by atoms with Crippen LogP contribution in [0.1, 0.15) is 46.5 Å². The molecule has 0 spiro atoms. The molecule has 1 unspecified atom stereocenters. The molecule has 1 aliphatic rings. The monoisotopic (exact) mass is 250 g/mol. The van der Waals surface area contributed by atoms with E-state index in [4.69, 9.17) is 6.42 Å². The van der Waals surface area contributed by atoms with Crippen LogP contribution in [0, 0.1) is 12.3 Å². The van der Waals surface area contributed by atoms with Crippen LogP contribution in [0.15, 0.2) is 0 Å². The maximum Gasteiger partial charge on any atom is 0.289 e. The van der Waals surface area contributed by atoms with Gasteiger partial charge in [-0.3, -0.25) is 9.59 Å². The predicted molar refractivity (Wildman–Crippen MR) is 70.9 cm³/mol. The summed E-state index contributed by atoms with van der Waals surface area (Å²) < 4.78 is 0. The number of hydrogen-bond acceptors (Lipinski definition) is 3. The summed E-state index contributed by atoms with van der Waals surface area (Å²) in [4.78, 5) is 23.8. The van der Waals surface area contributed by atoms with E-state index in [0.29, 0.717) is 12.8 Å². The lowest BCUT2D eigenvalue weighted by molar-refractivity contribution is -0.139. The van der Waals surface area contributed by atoms with Crippen LogP contribution in [0.3, 0.4) is 0 Å². The largest absolute Gasteiger partial charge is 0.347 e. The minimum Gasteiger partial charge on any atom is -0.347 e. The van der Waals surface area contributed by atoms with Crippen molar-refractivity contribution in [2.75, 3.05) is 0 Å². The number of amides is 1. The first-order valence-electron chi connectivity index (χ1n) is 6.39. The van der Waals surface area contributed by atoms with Crippen molar-refractivity contribution in [3.63, 3.8) is 0 Å². The molecule has 18 heavy (non-hydrogen) atoms. The zero-order valence-electron chi connectivity index (χ0n) is 11.4. The van der Waals surface area contributed by atoms with Crippen molar-refractivity contribution < 1.29 is 9.59 Å². The molecule has 0 radical (unpaired) electrons. The van der Waals surface area contributed by atoms with Gasteiger partial charge in [-0.05, 0) is 40.0 Å². The number of hydrogen-bond donors (Lipinski definition) is 2. The van der Waals surface area contributed by atoms with Gasteiger partial charge in [-0.1, -0.05) is 0 Å². The Hall–Kier alpha value is -1.34. The second-order valence-corrected chi connectivity index (χ2v) is 5.80. The van der Waals surface area contributed by atoms with Gasteiger partial charge in [0, 0.05) is 18.0 Å². The lowest BCUT2D eigenvalue weighted by atomic mass is 10.0. The van der Waals surface area contributed by atoms with Crippen LogP contribution >= 0.6 is 0 Å². The number of terminal acetylenes is 1. The van der Waals surface area contributed by atoms with E-state index < -0.39 is 17.7 Å². The topological polar surface area (TPSA) is 58.2 Å². The molecule has 1 saturated carbocycles. The Morgan fingerprint density at radius 2 is 2.00 bits per heavy atom. The van der Waals surface area contributed by atoms with Gasteiger partial charge in [-0.15, -0.1) is 12.3 Å². The highest BCUT2D eigenvalue weighted by molar-refractivity contribution is 6.38. The molecule has 4 heteroatoms. The Kier molecular flexibility index (Phi) is 4.92. The predicted octanol–water partition coefficient (Wildman–Crippen LogP) is 1.00. The average molecular weight is 250 g/mol. The van der Waals surface area contributed by atoms with Gasteiger partial charge in [0.1, 0.15) is 0 Å². The average Bonchev–Trinajstić information content (AvgIpc) is 3.05. The minimum absolute atomic E-state index is 0.198. The molecule has 0 bridgehead atoms. The Morgan fingerprint density at radius 1 is 1.39 bits per heavy atom. The van der Waals surface area contributed by atoms with E-state index in [1.807, 2.05) is 20.8 Å². The van der Waals surface area contributed by atoms with Crippen molar-refractivity contribution in [2.45, 2.75) is 64.1 Å². The molecule has 0 saturated heterocycles. The van der Waals surface area contributed by atoms with Crippen molar-refractivity contribution in [3.05, 3.63) is 0 Å². The molecule has 100 valence electrons. The van der Waals surface area contributed by atoms with E-state index in [1.165, 1.54) is 0 Å². The van der Waals surface area contributed by atoms with Crippen LogP contribution in [-0.2, 0) is 9.59 Å². The second kappa shape index (κ2) is 6.01. The number of carbonyl (C=O) groups is 2. The SMILES string of the molecule is C#CCCC(NC(C)(C)C)C(=O)C(=O)NC1CC1. The summed E-state index contributed by atoms with van der Waals surface area (Å²) in [6, 6.07) is -0.302. The van der Waals surface area contributed by atoms with Gasteiger partial charge in [-0.25, -0.2) is 0 Å². The molecule has 0 heterocycles. The van der Waals surface area contributed by atoms with Gasteiger partial charge in [0.15, 0.2) is 0 Å². The fourth-order valence-electron chi connectivity index (χ4n) is 1.66. The molecule has 1 fully saturated rings. The number of rotatable bonds is 6. The molecular formula is C14H22N2O2. The highest BCUT2D eigenvalue weighted by Crippen LogP contribution is 2.18. The lowest BCUT2D eigenvalue weighted by Gasteiger charge is -2.27. The Labute approximate surface area is 109 Å². The van der Waals surface area contributed by atoms with Crippen molar-refractivity contribution in [1.82, 2.24) is 10.6 Å². The maximum absolute atomic E-state index is 12.0. The molecular weight excluding hydrogens is 228 g/mol. The number of carbonyl (C=O) groups excluding carboxylic acids is 2. The Bertz CT molecular complexity index is 359. The van der Waals surface area contributed by atoms with Gasteiger partial charge in [-0.2, -0.15) is 0 Å². The van der Waals surface area contributed by atoms with Gasteiger partial charge >= 0.3 is 0 Å². The van der Waals surface area contributed by atoms with E-state index in [9.17, 15) is 9.59 Å². The smallest absolute Gasteiger partial charge is 0.289 e. The molecule has 0 aromatic carbocycles. The molecule has 1 atom stereocenters. The molecule has 0 aromatic heterocycles. The summed E-state index contributed by atoms with van der Waals surface area (Å²) in [5.74, 6) is 1.61. The fraction of sp³-hybridized carbons (Fsp3) is 0.714. The van der Waals surface area contributed by atoms with Gasteiger partial charge in [0.2, 0.25) is 5.78 Å². The Balaban J connectivity index is 2.58. The summed E-state index contributed by atoms with van der Waals surface area (Å²) in [6.07, 6.45) is 8.14. The first-order chi connectivity index (χ1) is 8.33. The fourth-order valence-corrected chi connectivity index (χ4v) is 1.66. The van der Waals surface area contributed by atoms with E-state index in [-0.39, 0.29) is 11.6 Å². The highest BCUT2D eigenvalue weighted by atomic mass is 16.2. The number of ketones is 1. The van der Waals surface area contributed by atoms with Gasteiger partial charge < -0.3 is 10.6 Å². The van der Waals surface area contributed by atoms with E-state index in [0.717, 1.165) is 12.8 Å².